The van der Waals surface area contributed by atoms with Gasteiger partial charge in [0.25, 0.3) is 0 Å². The molecule has 0 aliphatic rings. The lowest BCUT2D eigenvalue weighted by atomic mass is 10.2. The number of ether oxygens (including phenoxy) is 2. The maximum absolute atomic E-state index is 5.29. The van der Waals surface area contributed by atoms with Crippen LogP contribution < -0.4 is 5.32 Å². The summed E-state index contributed by atoms with van der Waals surface area (Å²) in [5, 5.41) is 3.46. The summed E-state index contributed by atoms with van der Waals surface area (Å²) in [7, 11) is 3.90. The van der Waals surface area contributed by atoms with Crippen molar-refractivity contribution >= 4 is 0 Å². The van der Waals surface area contributed by atoms with Crippen LogP contribution in [-0.2, 0) is 9.47 Å². The van der Waals surface area contributed by atoms with Gasteiger partial charge in [-0.05, 0) is 40.8 Å². The van der Waals surface area contributed by atoms with Gasteiger partial charge >= 0.3 is 0 Å². The van der Waals surface area contributed by atoms with Crippen LogP contribution in [0.2, 0.25) is 0 Å². The van der Waals surface area contributed by atoms with E-state index in [1.807, 2.05) is 6.92 Å². The van der Waals surface area contributed by atoms with E-state index < -0.39 is 0 Å². The van der Waals surface area contributed by atoms with Gasteiger partial charge in [-0.25, -0.2) is 0 Å². The van der Waals surface area contributed by atoms with Crippen molar-refractivity contribution in [3.8, 4) is 0 Å². The fourth-order valence-corrected chi connectivity index (χ4v) is 1.69. The van der Waals surface area contributed by atoms with E-state index in [0.717, 1.165) is 39.3 Å². The Hall–Kier alpha value is -0.160. The number of nitrogens with zero attached hydrogens (tertiary/aromatic N) is 1. The lowest BCUT2D eigenvalue weighted by molar-refractivity contribution is 0.0930. The van der Waals surface area contributed by atoms with Crippen LogP contribution in [-0.4, -0.2) is 64.1 Å². The molecule has 0 heterocycles. The third kappa shape index (κ3) is 8.55. The second-order valence-corrected chi connectivity index (χ2v) is 4.57. The minimum absolute atomic E-state index is 0.459. The van der Waals surface area contributed by atoms with Gasteiger partial charge in [0.2, 0.25) is 0 Å². The molecule has 0 rings (SSSR count). The molecular weight excluding hydrogens is 216 g/mol. The molecule has 2 unspecified atom stereocenters. The molecule has 2 atom stereocenters. The predicted octanol–water partition coefficient (Wildman–Crippen LogP) is 1.36. The Bertz CT molecular complexity index is 167. The van der Waals surface area contributed by atoms with Gasteiger partial charge < -0.3 is 14.8 Å². The summed E-state index contributed by atoms with van der Waals surface area (Å²) in [5.74, 6) is 0. The molecule has 0 amide bonds. The van der Waals surface area contributed by atoms with Crippen LogP contribution in [0.1, 0.15) is 27.2 Å². The highest BCUT2D eigenvalue weighted by atomic mass is 16.5. The van der Waals surface area contributed by atoms with Crippen LogP contribution in [0, 0.1) is 0 Å². The molecule has 0 aliphatic carbocycles. The average molecular weight is 246 g/mol. The summed E-state index contributed by atoms with van der Waals surface area (Å²) >= 11 is 0. The molecule has 1 N–H and O–H groups in total. The minimum Gasteiger partial charge on any atom is -0.383 e. The van der Waals surface area contributed by atoms with Crippen molar-refractivity contribution < 1.29 is 9.47 Å². The fourth-order valence-electron chi connectivity index (χ4n) is 1.69. The van der Waals surface area contributed by atoms with Crippen LogP contribution in [0.4, 0.5) is 0 Å². The molecule has 0 saturated carbocycles. The number of methoxy groups -OCH3 is 1. The summed E-state index contributed by atoms with van der Waals surface area (Å²) in [5.41, 5.74) is 0. The molecule has 104 valence electrons. The first-order valence-corrected chi connectivity index (χ1v) is 6.62. The van der Waals surface area contributed by atoms with Crippen LogP contribution in [0.3, 0.4) is 0 Å². The number of hydrogen-bond donors (Lipinski definition) is 1. The van der Waals surface area contributed by atoms with Crippen LogP contribution in [0.5, 0.6) is 0 Å². The Morgan fingerprint density at radius 2 is 1.94 bits per heavy atom. The second kappa shape index (κ2) is 11.0. The van der Waals surface area contributed by atoms with E-state index in [0.29, 0.717) is 12.1 Å². The van der Waals surface area contributed by atoms with E-state index in [1.165, 1.54) is 0 Å². The Balaban J connectivity index is 3.53. The third-order valence-electron chi connectivity index (χ3n) is 3.08. The quantitative estimate of drug-likeness (QED) is 0.558. The van der Waals surface area contributed by atoms with Gasteiger partial charge in [-0.2, -0.15) is 0 Å². The highest BCUT2D eigenvalue weighted by molar-refractivity contribution is 4.71. The Morgan fingerprint density at radius 1 is 1.24 bits per heavy atom. The number of rotatable bonds is 11. The Labute approximate surface area is 107 Å². The summed E-state index contributed by atoms with van der Waals surface area (Å²) in [6.45, 7) is 10.9. The monoisotopic (exact) mass is 246 g/mol. The summed E-state index contributed by atoms with van der Waals surface area (Å²) < 4.78 is 10.5. The van der Waals surface area contributed by atoms with Gasteiger partial charge in [0.15, 0.2) is 0 Å². The molecule has 0 spiro atoms. The number of nitrogens with one attached hydrogen (secondary N) is 1. The van der Waals surface area contributed by atoms with Gasteiger partial charge in [-0.1, -0.05) is 0 Å². The minimum atomic E-state index is 0.459. The molecule has 0 aromatic rings. The van der Waals surface area contributed by atoms with Crippen molar-refractivity contribution in [3.63, 3.8) is 0 Å². The van der Waals surface area contributed by atoms with Crippen molar-refractivity contribution in [1.29, 1.82) is 0 Å². The smallest absolute Gasteiger partial charge is 0.0615 e. The van der Waals surface area contributed by atoms with Gasteiger partial charge in [0.1, 0.15) is 0 Å². The molecule has 0 saturated heterocycles. The molecule has 0 aromatic carbocycles. The first-order chi connectivity index (χ1) is 8.13. The first kappa shape index (κ1) is 16.8. The highest BCUT2D eigenvalue weighted by Crippen LogP contribution is 2.01. The predicted molar refractivity (Wildman–Crippen MR) is 72.5 cm³/mol. The normalized spacial score (nSPS) is 15.2. The van der Waals surface area contributed by atoms with Crippen molar-refractivity contribution in [2.24, 2.45) is 0 Å². The zero-order valence-corrected chi connectivity index (χ0v) is 12.2. The molecule has 0 bridgehead atoms. The SMILES string of the molecule is CCOCCCNCC(C)N(C)C(C)COC. The highest BCUT2D eigenvalue weighted by Gasteiger charge is 2.14. The lowest BCUT2D eigenvalue weighted by Crippen LogP contribution is -2.44. The molecule has 17 heavy (non-hydrogen) atoms. The maximum Gasteiger partial charge on any atom is 0.0615 e. The van der Waals surface area contributed by atoms with Gasteiger partial charge in [-0.15, -0.1) is 0 Å². The molecule has 0 aromatic heterocycles. The molecule has 0 aliphatic heterocycles. The largest absolute Gasteiger partial charge is 0.383 e. The van der Waals surface area contributed by atoms with E-state index in [1.54, 1.807) is 7.11 Å². The van der Waals surface area contributed by atoms with Crippen LogP contribution in [0.15, 0.2) is 0 Å². The van der Waals surface area contributed by atoms with E-state index in [9.17, 15) is 0 Å². The second-order valence-electron chi connectivity index (χ2n) is 4.57. The first-order valence-electron chi connectivity index (χ1n) is 6.62. The van der Waals surface area contributed by atoms with E-state index in [2.05, 4.69) is 31.1 Å². The van der Waals surface area contributed by atoms with Crippen molar-refractivity contribution in [3.05, 3.63) is 0 Å². The van der Waals surface area contributed by atoms with Gasteiger partial charge in [-0.3, -0.25) is 4.90 Å². The van der Waals surface area contributed by atoms with Gasteiger partial charge in [0.05, 0.1) is 6.61 Å². The fraction of sp³-hybridized carbons (Fsp3) is 1.00. The molecule has 0 radical (unpaired) electrons. The van der Waals surface area contributed by atoms with Crippen LogP contribution in [0.25, 0.3) is 0 Å². The molecular formula is C13H30N2O2. The zero-order valence-electron chi connectivity index (χ0n) is 12.2. The molecule has 4 heteroatoms. The summed E-state index contributed by atoms with van der Waals surface area (Å²) in [6, 6.07) is 0.979. The topological polar surface area (TPSA) is 33.7 Å². The summed E-state index contributed by atoms with van der Waals surface area (Å²) in [4.78, 5) is 2.35. The third-order valence-corrected chi connectivity index (χ3v) is 3.08. The van der Waals surface area contributed by atoms with E-state index >= 15 is 0 Å². The number of hydrogen-bond acceptors (Lipinski definition) is 4. The van der Waals surface area contributed by atoms with Crippen molar-refractivity contribution in [2.45, 2.75) is 39.3 Å². The van der Waals surface area contributed by atoms with Crippen molar-refractivity contribution in [1.82, 2.24) is 10.2 Å². The Kier molecular flexibility index (Phi) is 10.9. The molecule has 0 fully saturated rings. The number of likely N-dealkylation sites (N-methyl/N-ethyl adjacent to an activating group) is 1. The standard InChI is InChI=1S/C13H30N2O2/c1-6-17-9-7-8-14-10-12(2)15(4)13(3)11-16-5/h12-14H,6-11H2,1-5H3. The Morgan fingerprint density at radius 3 is 2.53 bits per heavy atom. The summed E-state index contributed by atoms with van der Waals surface area (Å²) in [6.07, 6.45) is 1.08. The maximum atomic E-state index is 5.29. The average Bonchev–Trinajstić information content (AvgIpc) is 2.32. The van der Waals surface area contributed by atoms with E-state index in [-0.39, 0.29) is 0 Å². The van der Waals surface area contributed by atoms with E-state index in [4.69, 9.17) is 9.47 Å². The van der Waals surface area contributed by atoms with Gasteiger partial charge in [0, 0.05) is 39.0 Å². The lowest BCUT2D eigenvalue weighted by Gasteiger charge is -2.30. The van der Waals surface area contributed by atoms with Crippen molar-refractivity contribution in [2.75, 3.05) is 47.1 Å². The molecule has 4 nitrogen and oxygen atoms in total. The van der Waals surface area contributed by atoms with Crippen LogP contribution >= 0.6 is 0 Å². The zero-order chi connectivity index (χ0) is 13.1.